The van der Waals surface area contributed by atoms with Crippen molar-refractivity contribution in [3.63, 3.8) is 0 Å². The summed E-state index contributed by atoms with van der Waals surface area (Å²) in [6.45, 7) is 0.332. The number of nitrogens with one attached hydrogen (secondary N) is 2. The van der Waals surface area contributed by atoms with Crippen LogP contribution in [0.25, 0.3) is 11.5 Å². The van der Waals surface area contributed by atoms with E-state index in [1.807, 2.05) is 25.1 Å². The number of aromatic nitrogens is 2. The Labute approximate surface area is 144 Å². The molecule has 6 nitrogen and oxygen atoms in total. The Hall–Kier alpha value is -2.93. The molecule has 0 fully saturated rings. The van der Waals surface area contributed by atoms with Crippen LogP contribution in [0.2, 0.25) is 0 Å². The third kappa shape index (κ3) is 3.95. The van der Waals surface area contributed by atoms with Gasteiger partial charge in [-0.15, -0.1) is 0 Å². The number of aromatic amines is 1. The Bertz CT molecular complexity index is 842. The Morgan fingerprint density at radius 3 is 2.84 bits per heavy atom. The van der Waals surface area contributed by atoms with Crippen LogP contribution in [-0.4, -0.2) is 41.6 Å². The second-order valence-electron chi connectivity index (χ2n) is 5.89. The van der Waals surface area contributed by atoms with Crippen LogP contribution >= 0.6 is 0 Å². The zero-order valence-electron chi connectivity index (χ0n) is 14.0. The fraction of sp³-hybridized carbons (Fsp3) is 0.222. The van der Waals surface area contributed by atoms with Gasteiger partial charge < -0.3 is 14.6 Å². The van der Waals surface area contributed by atoms with Crippen LogP contribution in [0.5, 0.6) is 0 Å². The largest absolute Gasteiger partial charge is 0.463 e. The molecule has 0 aliphatic carbocycles. The molecule has 0 radical (unpaired) electrons. The van der Waals surface area contributed by atoms with Crippen molar-refractivity contribution in [2.24, 2.45) is 0 Å². The second kappa shape index (κ2) is 7.31. The lowest BCUT2D eigenvalue weighted by Crippen LogP contribution is -2.34. The molecule has 3 rings (SSSR count). The topological polar surface area (TPSA) is 74.2 Å². The minimum atomic E-state index is -0.308. The zero-order chi connectivity index (χ0) is 17.8. The molecule has 25 heavy (non-hydrogen) atoms. The highest BCUT2D eigenvalue weighted by molar-refractivity contribution is 5.93. The summed E-state index contributed by atoms with van der Waals surface area (Å²) in [5.74, 6) is 0.000792. The van der Waals surface area contributed by atoms with Crippen LogP contribution in [0.15, 0.2) is 53.1 Å². The number of nitrogens with zero attached hydrogens (tertiary/aromatic N) is 2. The van der Waals surface area contributed by atoms with Gasteiger partial charge in [-0.05, 0) is 43.9 Å². The van der Waals surface area contributed by atoms with E-state index in [9.17, 15) is 9.18 Å². The summed E-state index contributed by atoms with van der Waals surface area (Å²) in [6.07, 6.45) is 1.55. The van der Waals surface area contributed by atoms with Crippen molar-refractivity contribution < 1.29 is 13.6 Å². The maximum atomic E-state index is 13.5. The van der Waals surface area contributed by atoms with Crippen molar-refractivity contribution in [3.8, 4) is 11.5 Å². The fourth-order valence-corrected chi connectivity index (χ4v) is 2.59. The van der Waals surface area contributed by atoms with Crippen LogP contribution in [0.3, 0.4) is 0 Å². The summed E-state index contributed by atoms with van der Waals surface area (Å²) in [5, 5.41) is 9.63. The van der Waals surface area contributed by atoms with Gasteiger partial charge in [-0.2, -0.15) is 5.10 Å². The van der Waals surface area contributed by atoms with Gasteiger partial charge in [0.25, 0.3) is 5.91 Å². The highest BCUT2D eigenvalue weighted by Crippen LogP contribution is 2.19. The summed E-state index contributed by atoms with van der Waals surface area (Å²) in [5.41, 5.74) is 1.69. The highest BCUT2D eigenvalue weighted by Gasteiger charge is 2.18. The molecular weight excluding hydrogens is 323 g/mol. The van der Waals surface area contributed by atoms with E-state index in [1.54, 1.807) is 30.5 Å². The van der Waals surface area contributed by atoms with Crippen LogP contribution in [-0.2, 0) is 0 Å². The molecule has 7 heteroatoms. The molecule has 130 valence electrons. The van der Waals surface area contributed by atoms with Crippen molar-refractivity contribution in [3.05, 3.63) is 65.8 Å². The average molecular weight is 342 g/mol. The van der Waals surface area contributed by atoms with Crippen LogP contribution < -0.4 is 5.32 Å². The van der Waals surface area contributed by atoms with Gasteiger partial charge in [0, 0.05) is 12.6 Å². The molecule has 3 aromatic rings. The minimum absolute atomic E-state index is 0.150. The molecule has 0 aliphatic rings. The number of rotatable bonds is 6. The number of carbonyl (C=O) groups excluding carboxylic acids is 1. The summed E-state index contributed by atoms with van der Waals surface area (Å²) < 4.78 is 18.7. The zero-order valence-corrected chi connectivity index (χ0v) is 14.0. The SMILES string of the molecule is CN(C)[C@@H](CNC(=O)c1cc(-c2ccco2)[nH]n1)c1cccc(F)c1. The Balaban J connectivity index is 1.68. The van der Waals surface area contributed by atoms with Crippen LogP contribution in [0.1, 0.15) is 22.1 Å². The van der Waals surface area contributed by atoms with E-state index in [-0.39, 0.29) is 23.5 Å². The van der Waals surface area contributed by atoms with E-state index < -0.39 is 0 Å². The third-order valence-corrected chi connectivity index (χ3v) is 3.91. The lowest BCUT2D eigenvalue weighted by atomic mass is 10.1. The Kier molecular flexibility index (Phi) is 4.95. The second-order valence-corrected chi connectivity index (χ2v) is 5.89. The van der Waals surface area contributed by atoms with Crippen LogP contribution in [0.4, 0.5) is 4.39 Å². The number of hydrogen-bond donors (Lipinski definition) is 2. The monoisotopic (exact) mass is 342 g/mol. The number of halogens is 1. The smallest absolute Gasteiger partial charge is 0.271 e. The molecular formula is C18H19FN4O2. The van der Waals surface area contributed by atoms with E-state index in [1.165, 1.54) is 12.1 Å². The Morgan fingerprint density at radius 2 is 2.16 bits per heavy atom. The third-order valence-electron chi connectivity index (χ3n) is 3.91. The first-order valence-electron chi connectivity index (χ1n) is 7.84. The number of carbonyl (C=O) groups is 1. The molecule has 1 aromatic carbocycles. The maximum absolute atomic E-state index is 13.5. The first-order valence-corrected chi connectivity index (χ1v) is 7.84. The van der Waals surface area contributed by atoms with E-state index in [2.05, 4.69) is 15.5 Å². The molecule has 0 saturated carbocycles. The molecule has 2 N–H and O–H groups in total. The van der Waals surface area contributed by atoms with E-state index in [0.29, 0.717) is 18.0 Å². The molecule has 2 aromatic heterocycles. The van der Waals surface area contributed by atoms with Gasteiger partial charge in [0.1, 0.15) is 11.5 Å². The number of H-pyrrole nitrogens is 1. The predicted molar refractivity (Wildman–Crippen MR) is 91.5 cm³/mol. The van der Waals surface area contributed by atoms with Crippen molar-refractivity contribution in [2.45, 2.75) is 6.04 Å². The molecule has 0 spiro atoms. The molecule has 0 aliphatic heterocycles. The molecule has 0 bridgehead atoms. The number of likely N-dealkylation sites (N-methyl/N-ethyl adjacent to an activating group) is 1. The van der Waals surface area contributed by atoms with Gasteiger partial charge in [0.15, 0.2) is 11.5 Å². The van der Waals surface area contributed by atoms with Gasteiger partial charge in [-0.25, -0.2) is 4.39 Å². The van der Waals surface area contributed by atoms with Crippen LogP contribution in [0, 0.1) is 5.82 Å². The average Bonchev–Trinajstić information content (AvgIpc) is 3.26. The summed E-state index contributed by atoms with van der Waals surface area (Å²) in [4.78, 5) is 14.3. The molecule has 1 atom stereocenters. The highest BCUT2D eigenvalue weighted by atomic mass is 19.1. The minimum Gasteiger partial charge on any atom is -0.463 e. The van der Waals surface area contributed by atoms with Gasteiger partial charge in [-0.1, -0.05) is 12.1 Å². The van der Waals surface area contributed by atoms with Gasteiger partial charge in [-0.3, -0.25) is 9.89 Å². The number of furan rings is 1. The number of benzene rings is 1. The lowest BCUT2D eigenvalue weighted by Gasteiger charge is -2.25. The first-order chi connectivity index (χ1) is 12.0. The van der Waals surface area contributed by atoms with Gasteiger partial charge in [0.2, 0.25) is 0 Å². The predicted octanol–water partition coefficient (Wildman–Crippen LogP) is 2.84. The van der Waals surface area contributed by atoms with Gasteiger partial charge >= 0.3 is 0 Å². The molecule has 2 heterocycles. The number of hydrogen-bond acceptors (Lipinski definition) is 4. The lowest BCUT2D eigenvalue weighted by molar-refractivity contribution is 0.0937. The van der Waals surface area contributed by atoms with Crippen molar-refractivity contribution in [1.29, 1.82) is 0 Å². The van der Waals surface area contributed by atoms with Gasteiger partial charge in [0.05, 0.1) is 12.3 Å². The fourth-order valence-electron chi connectivity index (χ4n) is 2.59. The quantitative estimate of drug-likeness (QED) is 0.722. The standard InChI is InChI=1S/C18H19FN4O2/c1-23(2)16(12-5-3-6-13(19)9-12)11-20-18(24)15-10-14(21-22-15)17-7-4-8-25-17/h3-10,16H,11H2,1-2H3,(H,20,24)(H,21,22)/t16-/m0/s1. The summed E-state index contributed by atoms with van der Waals surface area (Å²) in [7, 11) is 3.76. The number of amides is 1. The van der Waals surface area contributed by atoms with Crippen molar-refractivity contribution in [2.75, 3.05) is 20.6 Å². The summed E-state index contributed by atoms with van der Waals surface area (Å²) in [6, 6.07) is 11.4. The molecule has 0 unspecified atom stereocenters. The Morgan fingerprint density at radius 1 is 1.32 bits per heavy atom. The van der Waals surface area contributed by atoms with Crippen molar-refractivity contribution >= 4 is 5.91 Å². The normalized spacial score (nSPS) is 12.3. The van der Waals surface area contributed by atoms with E-state index in [4.69, 9.17) is 4.42 Å². The molecule has 0 saturated heterocycles. The van der Waals surface area contributed by atoms with Crippen molar-refractivity contribution in [1.82, 2.24) is 20.4 Å². The maximum Gasteiger partial charge on any atom is 0.271 e. The summed E-state index contributed by atoms with van der Waals surface area (Å²) >= 11 is 0. The first kappa shape index (κ1) is 16.9. The van der Waals surface area contributed by atoms with E-state index in [0.717, 1.165) is 5.56 Å². The molecule has 1 amide bonds. The van der Waals surface area contributed by atoms with E-state index >= 15 is 0 Å².